The van der Waals surface area contributed by atoms with Crippen LogP contribution in [0.2, 0.25) is 0 Å². The predicted molar refractivity (Wildman–Crippen MR) is 94.6 cm³/mol. The molecule has 1 aromatic heterocycles. The largest absolute Gasteiger partial charge is 0.480 e. The van der Waals surface area contributed by atoms with E-state index in [9.17, 15) is 9.18 Å². The number of hydrogen-bond donors (Lipinski definition) is 1. The molecule has 1 atom stereocenters. The number of aromatic nitrogens is 1. The first-order valence-electron chi connectivity index (χ1n) is 7.38. The number of hydrogen-bond acceptors (Lipinski definition) is 4. The second-order valence-electron chi connectivity index (χ2n) is 5.47. The first-order chi connectivity index (χ1) is 11.4. The number of nitrogens with zero attached hydrogens (tertiary/aromatic N) is 2. The normalized spacial score (nSPS) is 11.7. The molecule has 7 heteroatoms. The number of benzene rings is 1. The third-order valence-corrected chi connectivity index (χ3v) is 3.92. The second-order valence-corrected chi connectivity index (χ2v) is 6.32. The molecule has 1 amide bonds. The highest BCUT2D eigenvalue weighted by atomic mass is 79.9. The number of carbonyl (C=O) groups excluding carboxylic acids is 1. The molecule has 0 aliphatic carbocycles. The van der Waals surface area contributed by atoms with E-state index in [0.717, 1.165) is 11.4 Å². The van der Waals surface area contributed by atoms with Crippen molar-refractivity contribution >= 4 is 27.7 Å². The maximum absolute atomic E-state index is 13.1. The fraction of sp³-hybridized carbons (Fsp3) is 0.294. The van der Waals surface area contributed by atoms with E-state index in [-0.39, 0.29) is 11.7 Å². The summed E-state index contributed by atoms with van der Waals surface area (Å²) < 4.78 is 19.1. The standard InChI is InChI=1S/C17H19BrFN3O2/c1-11(24-15-5-4-13(19)9-14(15)18)17(23)21-10-12-6-7-20-16(8-12)22(2)3/h4-9,11H,10H2,1-3H3,(H,21,23). The molecule has 1 N–H and O–H groups in total. The summed E-state index contributed by atoms with van der Waals surface area (Å²) in [5.41, 5.74) is 0.942. The van der Waals surface area contributed by atoms with Crippen molar-refractivity contribution < 1.29 is 13.9 Å². The van der Waals surface area contributed by atoms with Gasteiger partial charge < -0.3 is 15.0 Å². The first kappa shape index (κ1) is 18.2. The lowest BCUT2D eigenvalue weighted by Crippen LogP contribution is -2.36. The average molecular weight is 396 g/mol. The minimum atomic E-state index is -0.707. The summed E-state index contributed by atoms with van der Waals surface area (Å²) in [4.78, 5) is 18.3. The fourth-order valence-electron chi connectivity index (χ4n) is 1.96. The third-order valence-electron chi connectivity index (χ3n) is 3.30. The van der Waals surface area contributed by atoms with Crippen molar-refractivity contribution in [3.05, 3.63) is 52.4 Å². The molecule has 0 saturated heterocycles. The molecular weight excluding hydrogens is 377 g/mol. The van der Waals surface area contributed by atoms with Crippen molar-refractivity contribution in [3.63, 3.8) is 0 Å². The zero-order valence-electron chi connectivity index (χ0n) is 13.7. The number of ether oxygens (including phenoxy) is 1. The number of carbonyl (C=O) groups is 1. The van der Waals surface area contributed by atoms with Crippen LogP contribution < -0.4 is 15.0 Å². The Bertz CT molecular complexity index is 725. The minimum absolute atomic E-state index is 0.255. The van der Waals surface area contributed by atoms with E-state index in [0.29, 0.717) is 16.8 Å². The van der Waals surface area contributed by atoms with Gasteiger partial charge in [-0.15, -0.1) is 0 Å². The summed E-state index contributed by atoms with van der Waals surface area (Å²) in [5.74, 6) is 0.606. The Hall–Kier alpha value is -2.15. The summed E-state index contributed by atoms with van der Waals surface area (Å²) in [6.07, 6.45) is 0.994. The van der Waals surface area contributed by atoms with Gasteiger partial charge in [-0.05, 0) is 58.7 Å². The average Bonchev–Trinajstić information content (AvgIpc) is 2.55. The molecule has 1 aromatic carbocycles. The number of halogens is 2. The lowest BCUT2D eigenvalue weighted by molar-refractivity contribution is -0.127. The quantitative estimate of drug-likeness (QED) is 0.816. The maximum Gasteiger partial charge on any atom is 0.261 e. The molecule has 0 saturated carbocycles. The Kier molecular flexibility index (Phi) is 6.14. The van der Waals surface area contributed by atoms with Crippen LogP contribution in [-0.4, -0.2) is 31.1 Å². The van der Waals surface area contributed by atoms with Crippen LogP contribution in [0.3, 0.4) is 0 Å². The number of pyridine rings is 1. The van der Waals surface area contributed by atoms with Gasteiger partial charge in [0, 0.05) is 26.8 Å². The molecule has 0 aliphatic heterocycles. The molecule has 0 aliphatic rings. The van der Waals surface area contributed by atoms with Gasteiger partial charge in [-0.2, -0.15) is 0 Å². The van der Waals surface area contributed by atoms with Crippen LogP contribution in [-0.2, 0) is 11.3 Å². The van der Waals surface area contributed by atoms with Gasteiger partial charge in [-0.3, -0.25) is 4.79 Å². The van der Waals surface area contributed by atoms with E-state index in [2.05, 4.69) is 26.2 Å². The zero-order chi connectivity index (χ0) is 17.7. The molecule has 5 nitrogen and oxygen atoms in total. The lowest BCUT2D eigenvalue weighted by Gasteiger charge is -2.16. The van der Waals surface area contributed by atoms with Crippen molar-refractivity contribution in [1.82, 2.24) is 10.3 Å². The number of rotatable bonds is 6. The Morgan fingerprint density at radius 2 is 2.12 bits per heavy atom. The van der Waals surface area contributed by atoms with Crippen molar-refractivity contribution in [3.8, 4) is 5.75 Å². The van der Waals surface area contributed by atoms with Gasteiger partial charge in [0.2, 0.25) is 0 Å². The number of anilines is 1. The van der Waals surface area contributed by atoms with E-state index in [1.807, 2.05) is 31.1 Å². The SMILES string of the molecule is CC(Oc1ccc(F)cc1Br)C(=O)NCc1ccnc(N(C)C)c1. The molecule has 0 fully saturated rings. The Balaban J connectivity index is 1.93. The maximum atomic E-state index is 13.1. The van der Waals surface area contributed by atoms with Gasteiger partial charge in [0.15, 0.2) is 6.10 Å². The van der Waals surface area contributed by atoms with Crippen molar-refractivity contribution in [2.45, 2.75) is 19.6 Å². The first-order valence-corrected chi connectivity index (χ1v) is 8.18. The Morgan fingerprint density at radius 3 is 2.79 bits per heavy atom. The van der Waals surface area contributed by atoms with E-state index in [4.69, 9.17) is 4.74 Å². The van der Waals surface area contributed by atoms with Gasteiger partial charge in [-0.25, -0.2) is 9.37 Å². The molecule has 2 aromatic rings. The molecule has 24 heavy (non-hydrogen) atoms. The lowest BCUT2D eigenvalue weighted by atomic mass is 10.2. The number of amides is 1. The molecule has 0 spiro atoms. The minimum Gasteiger partial charge on any atom is -0.480 e. The van der Waals surface area contributed by atoms with Crippen LogP contribution in [0.5, 0.6) is 5.75 Å². The summed E-state index contributed by atoms with van der Waals surface area (Å²) in [6.45, 7) is 2.02. The van der Waals surface area contributed by atoms with Crippen LogP contribution in [0, 0.1) is 5.82 Å². The highest BCUT2D eigenvalue weighted by molar-refractivity contribution is 9.10. The van der Waals surface area contributed by atoms with Gasteiger partial charge >= 0.3 is 0 Å². The van der Waals surface area contributed by atoms with Gasteiger partial charge in [0.25, 0.3) is 5.91 Å². The smallest absolute Gasteiger partial charge is 0.261 e. The molecule has 0 radical (unpaired) electrons. The zero-order valence-corrected chi connectivity index (χ0v) is 15.3. The highest BCUT2D eigenvalue weighted by Gasteiger charge is 2.16. The summed E-state index contributed by atoms with van der Waals surface area (Å²) in [5, 5.41) is 2.82. The molecule has 0 bridgehead atoms. The predicted octanol–water partition coefficient (Wildman–Crippen LogP) is 3.13. The van der Waals surface area contributed by atoms with E-state index in [1.54, 1.807) is 13.1 Å². The van der Waals surface area contributed by atoms with Crippen LogP contribution in [0.25, 0.3) is 0 Å². The van der Waals surface area contributed by atoms with Crippen molar-refractivity contribution in [2.24, 2.45) is 0 Å². The van der Waals surface area contributed by atoms with Crippen LogP contribution in [0.15, 0.2) is 41.0 Å². The Labute approximate surface area is 149 Å². The van der Waals surface area contributed by atoms with Gasteiger partial charge in [0.05, 0.1) is 4.47 Å². The third kappa shape index (κ3) is 4.92. The van der Waals surface area contributed by atoms with Crippen LogP contribution in [0.4, 0.5) is 10.2 Å². The highest BCUT2D eigenvalue weighted by Crippen LogP contribution is 2.26. The molecule has 1 unspecified atom stereocenters. The van der Waals surface area contributed by atoms with Gasteiger partial charge in [0.1, 0.15) is 17.4 Å². The van der Waals surface area contributed by atoms with Crippen molar-refractivity contribution in [1.29, 1.82) is 0 Å². The topological polar surface area (TPSA) is 54.5 Å². The van der Waals surface area contributed by atoms with Crippen molar-refractivity contribution in [2.75, 3.05) is 19.0 Å². The van der Waals surface area contributed by atoms with Gasteiger partial charge in [-0.1, -0.05) is 0 Å². The molecule has 2 rings (SSSR count). The van der Waals surface area contributed by atoms with Crippen LogP contribution >= 0.6 is 15.9 Å². The second kappa shape index (κ2) is 8.10. The summed E-state index contributed by atoms with van der Waals surface area (Å²) in [7, 11) is 3.81. The summed E-state index contributed by atoms with van der Waals surface area (Å²) >= 11 is 3.21. The van der Waals surface area contributed by atoms with E-state index < -0.39 is 6.10 Å². The van der Waals surface area contributed by atoms with Crippen LogP contribution in [0.1, 0.15) is 12.5 Å². The number of nitrogens with one attached hydrogen (secondary N) is 1. The van der Waals surface area contributed by atoms with E-state index >= 15 is 0 Å². The molecular formula is C17H19BrFN3O2. The fourth-order valence-corrected chi connectivity index (χ4v) is 2.41. The van der Waals surface area contributed by atoms with E-state index in [1.165, 1.54) is 18.2 Å². The Morgan fingerprint density at radius 1 is 1.38 bits per heavy atom. The summed E-state index contributed by atoms with van der Waals surface area (Å²) in [6, 6.07) is 7.80. The molecule has 1 heterocycles. The molecule has 128 valence electrons. The monoisotopic (exact) mass is 395 g/mol.